The molecule has 2 heteroatoms. The van der Waals surface area contributed by atoms with E-state index >= 15 is 0 Å². The molecule has 0 radical (unpaired) electrons. The summed E-state index contributed by atoms with van der Waals surface area (Å²) in [5.74, 6) is 0. The summed E-state index contributed by atoms with van der Waals surface area (Å²) in [5.41, 5.74) is 1.33. The van der Waals surface area contributed by atoms with Crippen LogP contribution in [-0.2, 0) is 4.79 Å². The molecule has 1 unspecified atom stereocenters. The molecule has 1 saturated heterocycles. The van der Waals surface area contributed by atoms with Crippen LogP contribution in [0.3, 0.4) is 0 Å². The van der Waals surface area contributed by atoms with Gasteiger partial charge < -0.3 is 4.79 Å². The molecule has 74 valence electrons. The lowest BCUT2D eigenvalue weighted by Crippen LogP contribution is -2.40. The van der Waals surface area contributed by atoms with Crippen molar-refractivity contribution in [2.24, 2.45) is 0 Å². The van der Waals surface area contributed by atoms with Gasteiger partial charge in [0.1, 0.15) is 6.29 Å². The molecule has 0 aromatic carbocycles. The minimum absolute atomic E-state index is 0.171. The Bertz CT molecular complexity index is 194. The number of nitrogens with zero attached hydrogens (tertiary/aromatic N) is 1. The Morgan fingerprint density at radius 1 is 1.46 bits per heavy atom. The van der Waals surface area contributed by atoms with E-state index in [1.807, 2.05) is 0 Å². The number of carbonyl (C=O) groups excluding carboxylic acids is 1. The van der Waals surface area contributed by atoms with E-state index in [-0.39, 0.29) is 6.04 Å². The average Bonchev–Trinajstić information content (AvgIpc) is 2.15. The summed E-state index contributed by atoms with van der Waals surface area (Å²) in [6, 6.07) is 0.171. The Kier molecular flexibility index (Phi) is 4.16. The topological polar surface area (TPSA) is 20.3 Å². The van der Waals surface area contributed by atoms with Crippen LogP contribution in [0.2, 0.25) is 0 Å². The zero-order valence-corrected chi connectivity index (χ0v) is 8.62. The number of carbonyl (C=O) groups is 1. The second kappa shape index (κ2) is 5.18. The molecular weight excluding hydrogens is 162 g/mol. The Morgan fingerprint density at radius 2 is 2.23 bits per heavy atom. The molecule has 0 aromatic heterocycles. The van der Waals surface area contributed by atoms with Crippen molar-refractivity contribution in [3.8, 4) is 0 Å². The summed E-state index contributed by atoms with van der Waals surface area (Å²) >= 11 is 0. The Morgan fingerprint density at radius 3 is 2.85 bits per heavy atom. The Labute approximate surface area is 80.6 Å². The average molecular weight is 181 g/mol. The molecule has 1 aliphatic rings. The summed E-state index contributed by atoms with van der Waals surface area (Å²) in [5, 5.41) is 0. The van der Waals surface area contributed by atoms with Crippen molar-refractivity contribution in [2.45, 2.75) is 39.2 Å². The predicted octanol–water partition coefficient (Wildman–Crippen LogP) is 2.01. The molecule has 1 atom stereocenters. The smallest absolute Gasteiger partial charge is 0.137 e. The molecule has 1 rings (SSSR count). The molecule has 0 spiro atoms. The standard InChI is InChI=1S/C11H19NO/c1-10(2)6-8-12-7-4-3-5-11(12)9-13/h6,9,11H,3-5,7-8H2,1-2H3. The monoisotopic (exact) mass is 181 g/mol. The van der Waals surface area contributed by atoms with Crippen LogP contribution in [0.1, 0.15) is 33.1 Å². The zero-order chi connectivity index (χ0) is 9.68. The highest BCUT2D eigenvalue weighted by atomic mass is 16.1. The van der Waals surface area contributed by atoms with Crippen molar-refractivity contribution in [1.29, 1.82) is 0 Å². The van der Waals surface area contributed by atoms with Crippen LogP contribution < -0.4 is 0 Å². The van der Waals surface area contributed by atoms with Crippen molar-refractivity contribution < 1.29 is 4.79 Å². The maximum atomic E-state index is 10.8. The number of hydrogen-bond acceptors (Lipinski definition) is 2. The number of hydrogen-bond donors (Lipinski definition) is 0. The molecule has 2 nitrogen and oxygen atoms in total. The van der Waals surface area contributed by atoms with Gasteiger partial charge in [-0.3, -0.25) is 4.90 Å². The van der Waals surface area contributed by atoms with Crippen molar-refractivity contribution >= 4 is 6.29 Å². The van der Waals surface area contributed by atoms with Crippen molar-refractivity contribution in [1.82, 2.24) is 4.90 Å². The lowest BCUT2D eigenvalue weighted by Gasteiger charge is -2.31. The molecular formula is C11H19NO. The fourth-order valence-corrected chi connectivity index (χ4v) is 1.70. The molecule has 0 bridgehead atoms. The van der Waals surface area contributed by atoms with E-state index in [1.54, 1.807) is 0 Å². The lowest BCUT2D eigenvalue weighted by molar-refractivity contribution is -0.113. The van der Waals surface area contributed by atoms with Crippen molar-refractivity contribution in [3.63, 3.8) is 0 Å². The number of aldehydes is 1. The lowest BCUT2D eigenvalue weighted by atomic mass is 10.0. The fourth-order valence-electron chi connectivity index (χ4n) is 1.70. The summed E-state index contributed by atoms with van der Waals surface area (Å²) in [4.78, 5) is 13.0. The largest absolute Gasteiger partial charge is 0.302 e. The minimum atomic E-state index is 0.171. The molecule has 1 heterocycles. The highest BCUT2D eigenvalue weighted by molar-refractivity contribution is 5.57. The third kappa shape index (κ3) is 3.31. The predicted molar refractivity (Wildman–Crippen MR) is 54.7 cm³/mol. The molecule has 1 fully saturated rings. The van der Waals surface area contributed by atoms with Gasteiger partial charge in [0, 0.05) is 6.54 Å². The van der Waals surface area contributed by atoms with E-state index in [0.29, 0.717) is 0 Å². The molecule has 13 heavy (non-hydrogen) atoms. The van der Waals surface area contributed by atoms with Gasteiger partial charge in [-0.2, -0.15) is 0 Å². The Hall–Kier alpha value is -0.630. The number of allylic oxidation sites excluding steroid dienone is 1. The van der Waals surface area contributed by atoms with E-state index in [2.05, 4.69) is 24.8 Å². The molecule has 1 aliphatic heterocycles. The van der Waals surface area contributed by atoms with E-state index in [0.717, 1.165) is 25.8 Å². The molecule has 0 aromatic rings. The van der Waals surface area contributed by atoms with Gasteiger partial charge in [-0.1, -0.05) is 18.1 Å². The van der Waals surface area contributed by atoms with Gasteiger partial charge in [0.15, 0.2) is 0 Å². The highest BCUT2D eigenvalue weighted by Crippen LogP contribution is 2.15. The van der Waals surface area contributed by atoms with Crippen LogP contribution in [0.25, 0.3) is 0 Å². The second-order valence-corrected chi connectivity index (χ2v) is 3.98. The van der Waals surface area contributed by atoms with Crippen LogP contribution in [-0.4, -0.2) is 30.3 Å². The summed E-state index contributed by atoms with van der Waals surface area (Å²) in [6.45, 7) is 6.21. The van der Waals surface area contributed by atoms with Gasteiger partial charge in [-0.05, 0) is 33.2 Å². The van der Waals surface area contributed by atoms with Gasteiger partial charge in [0.05, 0.1) is 6.04 Å². The van der Waals surface area contributed by atoms with E-state index < -0.39 is 0 Å². The van der Waals surface area contributed by atoms with Gasteiger partial charge in [-0.15, -0.1) is 0 Å². The maximum Gasteiger partial charge on any atom is 0.137 e. The van der Waals surface area contributed by atoms with Crippen molar-refractivity contribution in [3.05, 3.63) is 11.6 Å². The second-order valence-electron chi connectivity index (χ2n) is 3.98. The fraction of sp³-hybridized carbons (Fsp3) is 0.727. The van der Waals surface area contributed by atoms with Crippen molar-refractivity contribution in [2.75, 3.05) is 13.1 Å². The summed E-state index contributed by atoms with van der Waals surface area (Å²) in [7, 11) is 0. The van der Waals surface area contributed by atoms with Gasteiger partial charge in [0.25, 0.3) is 0 Å². The highest BCUT2D eigenvalue weighted by Gasteiger charge is 2.19. The molecule has 0 aliphatic carbocycles. The normalized spacial score (nSPS) is 24.0. The van der Waals surface area contributed by atoms with Gasteiger partial charge in [-0.25, -0.2) is 0 Å². The van der Waals surface area contributed by atoms with Crippen LogP contribution in [0.5, 0.6) is 0 Å². The quantitative estimate of drug-likeness (QED) is 0.490. The first-order chi connectivity index (χ1) is 6.24. The van der Waals surface area contributed by atoms with Crippen LogP contribution in [0.4, 0.5) is 0 Å². The first-order valence-electron chi connectivity index (χ1n) is 5.06. The van der Waals surface area contributed by atoms with Crippen LogP contribution >= 0.6 is 0 Å². The molecule has 0 amide bonds. The summed E-state index contributed by atoms with van der Waals surface area (Å²) in [6.07, 6.45) is 6.77. The zero-order valence-electron chi connectivity index (χ0n) is 8.62. The van der Waals surface area contributed by atoms with Crippen LogP contribution in [0.15, 0.2) is 11.6 Å². The summed E-state index contributed by atoms with van der Waals surface area (Å²) < 4.78 is 0. The maximum absolute atomic E-state index is 10.8. The first kappa shape index (κ1) is 10.5. The first-order valence-corrected chi connectivity index (χ1v) is 5.06. The molecule has 0 N–H and O–H groups in total. The molecule has 0 saturated carbocycles. The van der Waals surface area contributed by atoms with Crippen LogP contribution in [0, 0.1) is 0 Å². The third-order valence-electron chi connectivity index (χ3n) is 2.56. The SMILES string of the molecule is CC(C)=CCN1CCCCC1C=O. The minimum Gasteiger partial charge on any atom is -0.302 e. The number of rotatable bonds is 3. The van der Waals surface area contributed by atoms with Gasteiger partial charge in [0.2, 0.25) is 0 Å². The van der Waals surface area contributed by atoms with E-state index in [1.165, 1.54) is 18.4 Å². The number of likely N-dealkylation sites (tertiary alicyclic amines) is 1. The van der Waals surface area contributed by atoms with Gasteiger partial charge >= 0.3 is 0 Å². The third-order valence-corrected chi connectivity index (χ3v) is 2.56. The van der Waals surface area contributed by atoms with E-state index in [4.69, 9.17) is 0 Å². The van der Waals surface area contributed by atoms with E-state index in [9.17, 15) is 4.79 Å². The Balaban J connectivity index is 2.45. The number of piperidine rings is 1.